The number of aromatic nitrogens is 2. The molecule has 152 valence electrons. The Hall–Kier alpha value is -4.21. The summed E-state index contributed by atoms with van der Waals surface area (Å²) in [6, 6.07) is 9.44. The zero-order chi connectivity index (χ0) is 21.3. The normalized spacial score (nSPS) is 13.5. The van der Waals surface area contributed by atoms with E-state index in [0.29, 0.717) is 16.7 Å². The summed E-state index contributed by atoms with van der Waals surface area (Å²) in [4.78, 5) is 42.0. The molecule has 0 saturated carbocycles. The van der Waals surface area contributed by atoms with Gasteiger partial charge in [0, 0.05) is 6.08 Å². The smallest absolute Gasteiger partial charge is 0.331 e. The highest BCUT2D eigenvalue weighted by Gasteiger charge is 2.22. The Morgan fingerprint density at radius 2 is 2.03 bits per heavy atom. The first-order valence-electron chi connectivity index (χ1n) is 8.88. The molecule has 1 aliphatic rings. The van der Waals surface area contributed by atoms with E-state index in [2.05, 4.69) is 9.97 Å². The number of H-pyrrole nitrogens is 1. The van der Waals surface area contributed by atoms with Crippen molar-refractivity contribution in [1.29, 1.82) is 0 Å². The second kappa shape index (κ2) is 7.66. The third-order valence-corrected chi connectivity index (χ3v) is 4.43. The molecule has 3 aromatic rings. The van der Waals surface area contributed by atoms with Gasteiger partial charge in [-0.3, -0.25) is 14.9 Å². The number of hydrogen-bond donors (Lipinski definition) is 1. The minimum atomic E-state index is -0.841. The van der Waals surface area contributed by atoms with Crippen LogP contribution in [0.25, 0.3) is 17.0 Å². The summed E-state index contributed by atoms with van der Waals surface area (Å²) in [5.41, 5.74) is 0.0543. The maximum Gasteiger partial charge on any atom is 0.331 e. The van der Waals surface area contributed by atoms with Crippen molar-refractivity contribution in [2.24, 2.45) is 0 Å². The van der Waals surface area contributed by atoms with Crippen LogP contribution in [0.3, 0.4) is 0 Å². The molecule has 2 heterocycles. The number of nitro groups is 1. The van der Waals surface area contributed by atoms with E-state index >= 15 is 0 Å². The lowest BCUT2D eigenvalue weighted by Gasteiger charge is -2.11. The fourth-order valence-electron chi connectivity index (χ4n) is 2.96. The predicted molar refractivity (Wildman–Crippen MR) is 105 cm³/mol. The Balaban J connectivity index is 1.53. The summed E-state index contributed by atoms with van der Waals surface area (Å²) in [6.45, 7) is 1.53. The standard InChI is InChI=1S/C20H15N3O7/c1-11(19-21-14-5-3-2-4-13(14)20(25)22-19)30-18(24)7-6-12-8-16-17(29-10-28-16)9-15(12)23(26)27/h2-9,11H,10H2,1H3,(H,21,22,25)/b7-6+/t11-/m0/s1. The number of nitrogens with zero attached hydrogens (tertiary/aromatic N) is 2. The highest BCUT2D eigenvalue weighted by atomic mass is 16.7. The number of hydrogen-bond acceptors (Lipinski definition) is 8. The Labute approximate surface area is 168 Å². The van der Waals surface area contributed by atoms with Crippen molar-refractivity contribution in [2.75, 3.05) is 6.79 Å². The molecule has 1 aromatic heterocycles. The van der Waals surface area contributed by atoms with Crippen LogP contribution in [0.1, 0.15) is 24.4 Å². The molecule has 0 spiro atoms. The molecule has 0 aliphatic carbocycles. The first kappa shape index (κ1) is 19.1. The third kappa shape index (κ3) is 3.70. The Morgan fingerprint density at radius 1 is 1.30 bits per heavy atom. The number of para-hydroxylation sites is 1. The summed E-state index contributed by atoms with van der Waals surface area (Å²) in [5, 5.41) is 11.7. The topological polar surface area (TPSA) is 134 Å². The fourth-order valence-corrected chi connectivity index (χ4v) is 2.96. The van der Waals surface area contributed by atoms with Gasteiger partial charge in [0.05, 0.1) is 27.5 Å². The number of carbonyl (C=O) groups excluding carboxylic acids is 1. The summed E-state index contributed by atoms with van der Waals surface area (Å²) in [5.74, 6) is 0.0427. The first-order chi connectivity index (χ1) is 14.4. The quantitative estimate of drug-likeness (QED) is 0.294. The number of ether oxygens (including phenoxy) is 3. The van der Waals surface area contributed by atoms with Crippen LogP contribution >= 0.6 is 0 Å². The van der Waals surface area contributed by atoms with E-state index in [-0.39, 0.29) is 35.2 Å². The molecule has 0 bridgehead atoms. The molecule has 0 saturated heterocycles. The van der Waals surface area contributed by atoms with E-state index in [1.54, 1.807) is 31.2 Å². The number of esters is 1. The zero-order valence-electron chi connectivity index (χ0n) is 15.7. The van der Waals surface area contributed by atoms with Crippen LogP contribution in [0.2, 0.25) is 0 Å². The number of aromatic amines is 1. The molecule has 4 rings (SSSR count). The van der Waals surface area contributed by atoms with Gasteiger partial charge < -0.3 is 19.2 Å². The van der Waals surface area contributed by atoms with Gasteiger partial charge in [0.25, 0.3) is 11.2 Å². The maximum absolute atomic E-state index is 12.2. The molecule has 0 unspecified atom stereocenters. The molecule has 1 atom stereocenters. The van der Waals surface area contributed by atoms with E-state index < -0.39 is 17.0 Å². The molecule has 0 amide bonds. The van der Waals surface area contributed by atoms with Crippen LogP contribution in [0.15, 0.2) is 47.3 Å². The highest BCUT2D eigenvalue weighted by Crippen LogP contribution is 2.38. The summed E-state index contributed by atoms with van der Waals surface area (Å²) in [6.07, 6.45) is 1.47. The van der Waals surface area contributed by atoms with Crippen LogP contribution in [0.4, 0.5) is 5.69 Å². The highest BCUT2D eigenvalue weighted by molar-refractivity contribution is 5.88. The zero-order valence-corrected chi connectivity index (χ0v) is 15.7. The Morgan fingerprint density at radius 3 is 2.80 bits per heavy atom. The number of rotatable bonds is 5. The van der Waals surface area contributed by atoms with Gasteiger partial charge in [-0.2, -0.15) is 0 Å². The van der Waals surface area contributed by atoms with E-state index in [0.717, 1.165) is 6.08 Å². The van der Waals surface area contributed by atoms with E-state index in [1.807, 2.05) is 0 Å². The van der Waals surface area contributed by atoms with Crippen LogP contribution in [0.5, 0.6) is 11.5 Å². The third-order valence-electron chi connectivity index (χ3n) is 4.43. The first-order valence-corrected chi connectivity index (χ1v) is 8.88. The summed E-state index contributed by atoms with van der Waals surface area (Å²) in [7, 11) is 0. The van der Waals surface area contributed by atoms with Crippen molar-refractivity contribution < 1.29 is 23.9 Å². The number of carbonyl (C=O) groups is 1. The SMILES string of the molecule is C[C@H](OC(=O)/C=C/c1cc2c(cc1[N+](=O)[O-])OCO2)c1nc2ccccc2c(=O)[nH]1. The molecule has 0 radical (unpaired) electrons. The van der Waals surface area contributed by atoms with Gasteiger partial charge >= 0.3 is 5.97 Å². The average molecular weight is 409 g/mol. The molecule has 1 N–H and O–H groups in total. The van der Waals surface area contributed by atoms with Crippen LogP contribution in [-0.4, -0.2) is 27.7 Å². The molecule has 1 aliphatic heterocycles. The second-order valence-corrected chi connectivity index (χ2v) is 6.40. The summed E-state index contributed by atoms with van der Waals surface area (Å²) >= 11 is 0. The number of nitro benzene ring substituents is 1. The predicted octanol–water partition coefficient (Wildman–Crippen LogP) is 2.88. The van der Waals surface area contributed by atoms with E-state index in [1.165, 1.54) is 18.2 Å². The van der Waals surface area contributed by atoms with Gasteiger partial charge in [-0.05, 0) is 31.2 Å². The van der Waals surface area contributed by atoms with Crippen LogP contribution < -0.4 is 15.0 Å². The Bertz CT molecular complexity index is 1250. The molecule has 0 fully saturated rings. The lowest BCUT2D eigenvalue weighted by atomic mass is 10.1. The van der Waals surface area contributed by atoms with E-state index in [9.17, 15) is 19.7 Å². The molecule has 2 aromatic carbocycles. The Kier molecular flexibility index (Phi) is 4.88. The lowest BCUT2D eigenvalue weighted by molar-refractivity contribution is -0.385. The molecule has 30 heavy (non-hydrogen) atoms. The lowest BCUT2D eigenvalue weighted by Crippen LogP contribution is -2.16. The number of fused-ring (bicyclic) bond motifs is 2. The second-order valence-electron chi connectivity index (χ2n) is 6.40. The van der Waals surface area contributed by atoms with Gasteiger partial charge in [0.1, 0.15) is 0 Å². The van der Waals surface area contributed by atoms with Crippen molar-refractivity contribution >= 4 is 28.6 Å². The van der Waals surface area contributed by atoms with Gasteiger partial charge in [-0.1, -0.05) is 12.1 Å². The van der Waals surface area contributed by atoms with Gasteiger partial charge in [0.15, 0.2) is 23.4 Å². The monoisotopic (exact) mass is 409 g/mol. The molecular formula is C20H15N3O7. The number of nitrogens with one attached hydrogen (secondary N) is 1. The van der Waals surface area contributed by atoms with Crippen molar-refractivity contribution in [3.05, 3.63) is 74.3 Å². The average Bonchev–Trinajstić information content (AvgIpc) is 3.19. The van der Waals surface area contributed by atoms with Crippen molar-refractivity contribution in [3.63, 3.8) is 0 Å². The van der Waals surface area contributed by atoms with Gasteiger partial charge in [-0.15, -0.1) is 0 Å². The molecule has 10 heteroatoms. The maximum atomic E-state index is 12.2. The summed E-state index contributed by atoms with van der Waals surface area (Å²) < 4.78 is 15.6. The minimum absolute atomic E-state index is 0.0316. The minimum Gasteiger partial charge on any atom is -0.454 e. The van der Waals surface area contributed by atoms with Crippen molar-refractivity contribution in [3.8, 4) is 11.5 Å². The van der Waals surface area contributed by atoms with Gasteiger partial charge in [0.2, 0.25) is 6.79 Å². The van der Waals surface area contributed by atoms with Gasteiger partial charge in [-0.25, -0.2) is 9.78 Å². The molecular weight excluding hydrogens is 394 g/mol. The number of benzene rings is 2. The van der Waals surface area contributed by atoms with E-state index in [4.69, 9.17) is 14.2 Å². The fraction of sp³-hybridized carbons (Fsp3) is 0.150. The largest absolute Gasteiger partial charge is 0.454 e. The molecule has 10 nitrogen and oxygen atoms in total. The van der Waals surface area contributed by atoms with Crippen LogP contribution in [0, 0.1) is 10.1 Å². The van der Waals surface area contributed by atoms with Crippen LogP contribution in [-0.2, 0) is 9.53 Å². The van der Waals surface area contributed by atoms with Crippen molar-refractivity contribution in [2.45, 2.75) is 13.0 Å². The van der Waals surface area contributed by atoms with Crippen molar-refractivity contribution in [1.82, 2.24) is 9.97 Å².